The molecule has 1 N–H and O–H groups in total. The third kappa shape index (κ3) is 5.11. The van der Waals surface area contributed by atoms with Crippen molar-refractivity contribution in [2.75, 3.05) is 6.61 Å². The highest BCUT2D eigenvalue weighted by Crippen LogP contribution is 2.28. The second-order valence-electron chi connectivity index (χ2n) is 5.41. The molecule has 8 heteroatoms. The van der Waals surface area contributed by atoms with E-state index in [2.05, 4.69) is 78.2 Å². The van der Waals surface area contributed by atoms with Crippen LogP contribution in [0.3, 0.4) is 0 Å². The van der Waals surface area contributed by atoms with Crippen LogP contribution in [0.25, 0.3) is 11.0 Å². The predicted octanol–water partition coefficient (Wildman–Crippen LogP) is 5.73. The molecule has 0 radical (unpaired) electrons. The SMILES string of the molecule is C=CCOc1c(I)cc(/C=N/NC(=O)c2cc3cc(Br)ccc3o2)cc1I. The number of rotatable bonds is 6. The van der Waals surface area contributed by atoms with Crippen LogP contribution >= 0.6 is 61.1 Å². The van der Waals surface area contributed by atoms with Crippen molar-refractivity contribution < 1.29 is 13.9 Å². The fourth-order valence-electron chi connectivity index (χ4n) is 2.28. The normalized spacial score (nSPS) is 11.1. The Bertz CT molecular complexity index is 1020. The number of halogens is 3. The summed E-state index contributed by atoms with van der Waals surface area (Å²) in [7, 11) is 0. The molecule has 0 fully saturated rings. The maximum Gasteiger partial charge on any atom is 0.307 e. The second kappa shape index (κ2) is 9.20. The Morgan fingerprint density at radius 1 is 1.26 bits per heavy atom. The Labute approximate surface area is 191 Å². The van der Waals surface area contributed by atoms with Crippen molar-refractivity contribution in [3.05, 3.63) is 72.0 Å². The van der Waals surface area contributed by atoms with E-state index in [1.54, 1.807) is 24.4 Å². The minimum absolute atomic E-state index is 0.206. The molecular formula is C19H13BrI2N2O3. The monoisotopic (exact) mass is 650 g/mol. The topological polar surface area (TPSA) is 63.8 Å². The first kappa shape index (κ1) is 20.3. The summed E-state index contributed by atoms with van der Waals surface area (Å²) in [5.41, 5.74) is 3.98. The number of nitrogens with zero attached hydrogens (tertiary/aromatic N) is 1. The zero-order chi connectivity index (χ0) is 19.4. The highest BCUT2D eigenvalue weighted by molar-refractivity contribution is 14.1. The van der Waals surface area contributed by atoms with Crippen molar-refractivity contribution in [3.8, 4) is 5.75 Å². The van der Waals surface area contributed by atoms with Gasteiger partial charge in [-0.05, 0) is 87.1 Å². The van der Waals surface area contributed by atoms with Gasteiger partial charge in [0.25, 0.3) is 0 Å². The summed E-state index contributed by atoms with van der Waals surface area (Å²) in [5.74, 6) is 0.609. The number of hydrazone groups is 1. The fourth-order valence-corrected chi connectivity index (χ4v) is 4.79. The molecule has 0 unspecified atom stereocenters. The molecular weight excluding hydrogens is 638 g/mol. The quantitative estimate of drug-likeness (QED) is 0.160. The molecule has 27 heavy (non-hydrogen) atoms. The number of hydrogen-bond donors (Lipinski definition) is 1. The molecule has 1 aromatic heterocycles. The van der Waals surface area contributed by atoms with Crippen LogP contribution in [0.2, 0.25) is 0 Å². The van der Waals surface area contributed by atoms with Crippen LogP contribution in [-0.4, -0.2) is 18.7 Å². The van der Waals surface area contributed by atoms with Crippen molar-refractivity contribution in [2.24, 2.45) is 5.10 Å². The molecule has 0 bridgehead atoms. The zero-order valence-corrected chi connectivity index (χ0v) is 19.7. The van der Waals surface area contributed by atoms with Crippen LogP contribution < -0.4 is 10.2 Å². The largest absolute Gasteiger partial charge is 0.487 e. The number of ether oxygens (including phenoxy) is 1. The van der Waals surface area contributed by atoms with E-state index < -0.39 is 5.91 Å². The number of fused-ring (bicyclic) bond motifs is 1. The van der Waals surface area contributed by atoms with Crippen LogP contribution in [0.1, 0.15) is 16.1 Å². The van der Waals surface area contributed by atoms with E-state index in [4.69, 9.17) is 9.15 Å². The highest BCUT2D eigenvalue weighted by atomic mass is 127. The van der Waals surface area contributed by atoms with E-state index in [0.717, 1.165) is 28.3 Å². The van der Waals surface area contributed by atoms with Gasteiger partial charge < -0.3 is 9.15 Å². The maximum atomic E-state index is 12.2. The molecule has 0 aliphatic rings. The molecule has 0 atom stereocenters. The van der Waals surface area contributed by atoms with Gasteiger partial charge in [-0.1, -0.05) is 28.6 Å². The van der Waals surface area contributed by atoms with Crippen molar-refractivity contribution in [3.63, 3.8) is 0 Å². The lowest BCUT2D eigenvalue weighted by molar-refractivity contribution is 0.0929. The third-order valence-electron chi connectivity index (χ3n) is 3.45. The summed E-state index contributed by atoms with van der Waals surface area (Å²) in [6.45, 7) is 4.10. The summed E-state index contributed by atoms with van der Waals surface area (Å²) in [5, 5.41) is 4.87. The predicted molar refractivity (Wildman–Crippen MR) is 127 cm³/mol. The van der Waals surface area contributed by atoms with E-state index in [-0.39, 0.29) is 5.76 Å². The second-order valence-corrected chi connectivity index (χ2v) is 8.65. The van der Waals surface area contributed by atoms with Gasteiger partial charge in [-0.2, -0.15) is 5.10 Å². The van der Waals surface area contributed by atoms with Crippen LogP contribution in [-0.2, 0) is 0 Å². The fraction of sp³-hybridized carbons (Fsp3) is 0.0526. The molecule has 1 heterocycles. The van der Waals surface area contributed by atoms with E-state index >= 15 is 0 Å². The molecule has 0 aliphatic heterocycles. The Kier molecular flexibility index (Phi) is 6.93. The first-order valence-corrected chi connectivity index (χ1v) is 10.7. The summed E-state index contributed by atoms with van der Waals surface area (Å²) in [6, 6.07) is 11.1. The number of hydrogen-bond acceptors (Lipinski definition) is 4. The Morgan fingerprint density at radius 3 is 2.70 bits per heavy atom. The first-order valence-electron chi connectivity index (χ1n) is 7.73. The summed E-state index contributed by atoms with van der Waals surface area (Å²) in [4.78, 5) is 12.2. The van der Waals surface area contributed by atoms with Gasteiger partial charge in [-0.3, -0.25) is 4.79 Å². The Hall–Kier alpha value is -1.40. The molecule has 2 aromatic carbocycles. The molecule has 5 nitrogen and oxygen atoms in total. The van der Waals surface area contributed by atoms with Gasteiger partial charge >= 0.3 is 5.91 Å². The molecule has 3 rings (SSSR count). The molecule has 1 amide bonds. The zero-order valence-electron chi connectivity index (χ0n) is 13.8. The molecule has 0 saturated carbocycles. The van der Waals surface area contributed by atoms with E-state index in [0.29, 0.717) is 12.2 Å². The van der Waals surface area contributed by atoms with Gasteiger partial charge in [0.05, 0.1) is 13.4 Å². The summed E-state index contributed by atoms with van der Waals surface area (Å²) >= 11 is 7.80. The van der Waals surface area contributed by atoms with Crippen LogP contribution in [0.4, 0.5) is 0 Å². The van der Waals surface area contributed by atoms with Crippen molar-refractivity contribution in [1.82, 2.24) is 5.43 Å². The van der Waals surface area contributed by atoms with E-state index in [9.17, 15) is 4.79 Å². The number of benzene rings is 2. The number of nitrogens with one attached hydrogen (secondary N) is 1. The lowest BCUT2D eigenvalue weighted by Crippen LogP contribution is -2.16. The number of amides is 1. The van der Waals surface area contributed by atoms with Gasteiger partial charge in [0.2, 0.25) is 0 Å². The third-order valence-corrected chi connectivity index (χ3v) is 5.54. The minimum atomic E-state index is -0.408. The lowest BCUT2D eigenvalue weighted by Gasteiger charge is -2.09. The van der Waals surface area contributed by atoms with Crippen molar-refractivity contribution in [2.45, 2.75) is 0 Å². The van der Waals surface area contributed by atoms with E-state index in [1.807, 2.05) is 24.3 Å². The molecule has 0 aliphatic carbocycles. The standard InChI is InChI=1S/C19H13BrI2N2O3/c1-2-5-26-18-14(21)6-11(7-15(18)22)10-23-24-19(25)17-9-12-8-13(20)3-4-16(12)27-17/h2-4,6-10H,1,5H2,(H,24,25)/b23-10+. The van der Waals surface area contributed by atoms with Crippen LogP contribution in [0, 0.1) is 7.14 Å². The molecule has 0 spiro atoms. The van der Waals surface area contributed by atoms with Gasteiger partial charge in [-0.15, -0.1) is 0 Å². The minimum Gasteiger partial charge on any atom is -0.487 e. The lowest BCUT2D eigenvalue weighted by atomic mass is 10.2. The smallest absolute Gasteiger partial charge is 0.307 e. The average Bonchev–Trinajstić information content (AvgIpc) is 3.04. The average molecular weight is 651 g/mol. The van der Waals surface area contributed by atoms with E-state index in [1.165, 1.54) is 0 Å². The van der Waals surface area contributed by atoms with Crippen LogP contribution in [0.15, 0.2) is 63.0 Å². The van der Waals surface area contributed by atoms with Gasteiger partial charge in [0, 0.05) is 9.86 Å². The molecule has 0 saturated heterocycles. The number of carbonyl (C=O) groups is 1. The first-order chi connectivity index (χ1) is 13.0. The molecule has 138 valence electrons. The van der Waals surface area contributed by atoms with Crippen molar-refractivity contribution >= 4 is 84.2 Å². The summed E-state index contributed by atoms with van der Waals surface area (Å²) < 4.78 is 14.0. The van der Waals surface area contributed by atoms with Crippen molar-refractivity contribution in [1.29, 1.82) is 0 Å². The highest BCUT2D eigenvalue weighted by Gasteiger charge is 2.12. The molecule has 3 aromatic rings. The van der Waals surface area contributed by atoms with Gasteiger partial charge in [-0.25, -0.2) is 5.43 Å². The Morgan fingerprint density at radius 2 is 2.00 bits per heavy atom. The van der Waals surface area contributed by atoms with Crippen LogP contribution in [0.5, 0.6) is 5.75 Å². The van der Waals surface area contributed by atoms with Gasteiger partial charge in [0.1, 0.15) is 17.9 Å². The Balaban J connectivity index is 1.70. The maximum absolute atomic E-state index is 12.2. The number of carbonyl (C=O) groups excluding carboxylic acids is 1. The summed E-state index contributed by atoms with van der Waals surface area (Å²) in [6.07, 6.45) is 3.28. The number of furan rings is 1. The van der Waals surface area contributed by atoms with Gasteiger partial charge in [0.15, 0.2) is 5.76 Å².